The van der Waals surface area contributed by atoms with Crippen LogP contribution in [0.15, 0.2) is 15.5 Å². The molecule has 0 aromatic carbocycles. The first-order valence-electron chi connectivity index (χ1n) is 4.49. The fourth-order valence-electron chi connectivity index (χ4n) is 1.26. The molecule has 5 nitrogen and oxygen atoms in total. The van der Waals surface area contributed by atoms with Crippen LogP contribution in [-0.4, -0.2) is 20.7 Å². The Morgan fingerprint density at radius 2 is 2.38 bits per heavy atom. The van der Waals surface area contributed by atoms with Gasteiger partial charge in [-0.05, 0) is 22.9 Å². The van der Waals surface area contributed by atoms with Crippen LogP contribution >= 0.6 is 27.3 Å². The molecule has 0 saturated heterocycles. The molecule has 2 aromatic heterocycles. The Labute approximate surface area is 105 Å². The summed E-state index contributed by atoms with van der Waals surface area (Å²) in [5.74, 6) is -0.224. The first-order valence-corrected chi connectivity index (χ1v) is 6.16. The molecule has 1 N–H and O–H groups in total. The molecule has 0 fully saturated rings. The summed E-state index contributed by atoms with van der Waals surface area (Å²) in [6, 6.07) is 0. The number of aryl methyl sites for hydroxylation is 2. The largest absolute Gasteiger partial charge is 0.318 e. The van der Waals surface area contributed by atoms with E-state index < -0.39 is 0 Å². The molecule has 7 heteroatoms. The van der Waals surface area contributed by atoms with Gasteiger partial charge in [-0.3, -0.25) is 9.48 Å². The van der Waals surface area contributed by atoms with Crippen LogP contribution in [0.4, 0.5) is 5.69 Å². The third kappa shape index (κ3) is 2.30. The number of halogens is 1. The van der Waals surface area contributed by atoms with Gasteiger partial charge >= 0.3 is 0 Å². The molecule has 84 valence electrons. The predicted molar refractivity (Wildman–Crippen MR) is 65.7 cm³/mol. The average molecular weight is 301 g/mol. The number of thiazole rings is 1. The van der Waals surface area contributed by atoms with Crippen molar-refractivity contribution in [2.45, 2.75) is 6.92 Å². The zero-order valence-corrected chi connectivity index (χ0v) is 11.1. The summed E-state index contributed by atoms with van der Waals surface area (Å²) in [5.41, 5.74) is 1.89. The van der Waals surface area contributed by atoms with Crippen LogP contribution in [0.1, 0.15) is 16.2 Å². The summed E-state index contributed by atoms with van der Waals surface area (Å²) in [4.78, 5) is 15.8. The fraction of sp³-hybridized carbons (Fsp3) is 0.222. The van der Waals surface area contributed by atoms with Crippen LogP contribution in [0.3, 0.4) is 0 Å². The molecule has 16 heavy (non-hydrogen) atoms. The molecule has 0 saturated carbocycles. The molecule has 0 bridgehead atoms. The highest BCUT2D eigenvalue weighted by Crippen LogP contribution is 2.18. The van der Waals surface area contributed by atoms with E-state index in [9.17, 15) is 4.79 Å². The van der Waals surface area contributed by atoms with Crippen LogP contribution in [0.2, 0.25) is 0 Å². The molecule has 0 spiro atoms. The van der Waals surface area contributed by atoms with Gasteiger partial charge in [-0.1, -0.05) is 0 Å². The van der Waals surface area contributed by atoms with Gasteiger partial charge in [0.1, 0.15) is 5.69 Å². The Kier molecular flexibility index (Phi) is 3.06. The van der Waals surface area contributed by atoms with E-state index in [4.69, 9.17) is 0 Å². The number of aromatic nitrogens is 3. The van der Waals surface area contributed by atoms with Crippen LogP contribution in [-0.2, 0) is 7.05 Å². The van der Waals surface area contributed by atoms with Crippen molar-refractivity contribution in [1.82, 2.24) is 14.8 Å². The van der Waals surface area contributed by atoms with E-state index >= 15 is 0 Å². The monoisotopic (exact) mass is 300 g/mol. The Balaban J connectivity index is 2.16. The van der Waals surface area contributed by atoms with Gasteiger partial charge < -0.3 is 5.32 Å². The smallest absolute Gasteiger partial charge is 0.275 e. The number of amides is 1. The lowest BCUT2D eigenvalue weighted by molar-refractivity contribution is 0.102. The normalized spacial score (nSPS) is 10.4. The van der Waals surface area contributed by atoms with E-state index in [0.717, 1.165) is 5.69 Å². The van der Waals surface area contributed by atoms with Gasteiger partial charge in [0.25, 0.3) is 5.91 Å². The molecule has 2 aromatic rings. The number of carbonyl (C=O) groups is 1. The van der Waals surface area contributed by atoms with Crippen molar-refractivity contribution >= 4 is 38.9 Å². The minimum Gasteiger partial charge on any atom is -0.318 e. The van der Waals surface area contributed by atoms with E-state index in [1.54, 1.807) is 16.3 Å². The molecule has 1 amide bonds. The molecule has 0 unspecified atom stereocenters. The molecule has 0 atom stereocenters. The van der Waals surface area contributed by atoms with Gasteiger partial charge in [-0.15, -0.1) is 11.3 Å². The van der Waals surface area contributed by atoms with Crippen molar-refractivity contribution in [3.63, 3.8) is 0 Å². The molecule has 0 aliphatic rings. The van der Waals surface area contributed by atoms with Crippen LogP contribution in [0.5, 0.6) is 0 Å². The van der Waals surface area contributed by atoms with Gasteiger partial charge in [0.2, 0.25) is 0 Å². The van der Waals surface area contributed by atoms with Gasteiger partial charge in [0, 0.05) is 18.6 Å². The highest BCUT2D eigenvalue weighted by molar-refractivity contribution is 9.11. The van der Waals surface area contributed by atoms with Crippen molar-refractivity contribution in [2.24, 2.45) is 7.05 Å². The summed E-state index contributed by atoms with van der Waals surface area (Å²) < 4.78 is 2.35. The molecular formula is C9H9BrN4OS. The van der Waals surface area contributed by atoms with E-state index in [0.29, 0.717) is 15.3 Å². The van der Waals surface area contributed by atoms with Crippen molar-refractivity contribution in [2.75, 3.05) is 5.32 Å². The first-order chi connectivity index (χ1) is 7.56. The van der Waals surface area contributed by atoms with Crippen molar-refractivity contribution in [3.05, 3.63) is 26.9 Å². The number of nitrogens with one attached hydrogen (secondary N) is 1. The number of hydrogen-bond donors (Lipinski definition) is 1. The standard InChI is InChI=1S/C9H9BrN4OS/c1-5-6(3-14(2)13-5)11-8(15)7-4-16-9(10)12-7/h3-4H,1-2H3,(H,11,15). The third-order valence-corrected chi connectivity index (χ3v) is 3.34. The number of rotatable bonds is 2. The summed E-state index contributed by atoms with van der Waals surface area (Å²) in [5, 5.41) is 8.60. The summed E-state index contributed by atoms with van der Waals surface area (Å²) in [6.45, 7) is 1.84. The molecule has 0 aliphatic carbocycles. The maximum Gasteiger partial charge on any atom is 0.275 e. The Hall–Kier alpha value is -1.21. The SMILES string of the molecule is Cc1nn(C)cc1NC(=O)c1csc(Br)n1. The molecule has 0 radical (unpaired) electrons. The molecule has 2 heterocycles. The van der Waals surface area contributed by atoms with Crippen molar-refractivity contribution < 1.29 is 4.79 Å². The van der Waals surface area contributed by atoms with E-state index in [-0.39, 0.29) is 5.91 Å². The second-order valence-corrected chi connectivity index (χ2v) is 5.38. The average Bonchev–Trinajstić information content (AvgIpc) is 2.74. The zero-order valence-electron chi connectivity index (χ0n) is 8.69. The van der Waals surface area contributed by atoms with E-state index in [1.807, 2.05) is 14.0 Å². The fourth-order valence-corrected chi connectivity index (χ4v) is 2.26. The number of carbonyl (C=O) groups excluding carboxylic acids is 1. The van der Waals surface area contributed by atoms with Crippen LogP contribution in [0, 0.1) is 6.92 Å². The highest BCUT2D eigenvalue weighted by Gasteiger charge is 2.12. The second-order valence-electron chi connectivity index (χ2n) is 3.24. The third-order valence-electron chi connectivity index (χ3n) is 1.97. The lowest BCUT2D eigenvalue weighted by Crippen LogP contribution is -2.12. The lowest BCUT2D eigenvalue weighted by atomic mass is 10.3. The number of anilines is 1. The quantitative estimate of drug-likeness (QED) is 0.925. The Bertz CT molecular complexity index is 533. The summed E-state index contributed by atoms with van der Waals surface area (Å²) in [6.07, 6.45) is 1.76. The maximum absolute atomic E-state index is 11.8. The van der Waals surface area contributed by atoms with Crippen molar-refractivity contribution in [1.29, 1.82) is 0 Å². The molecule has 0 aliphatic heterocycles. The predicted octanol–water partition coefficient (Wildman–Crippen LogP) is 2.20. The van der Waals surface area contributed by atoms with Gasteiger partial charge in [0.15, 0.2) is 3.92 Å². The summed E-state index contributed by atoms with van der Waals surface area (Å²) >= 11 is 4.59. The topological polar surface area (TPSA) is 59.8 Å². The maximum atomic E-state index is 11.8. The lowest BCUT2D eigenvalue weighted by Gasteiger charge is -1.99. The van der Waals surface area contributed by atoms with E-state index in [2.05, 4.69) is 31.3 Å². The first kappa shape index (κ1) is 11.3. The van der Waals surface area contributed by atoms with Gasteiger partial charge in [-0.25, -0.2) is 4.98 Å². The van der Waals surface area contributed by atoms with Crippen LogP contribution < -0.4 is 5.32 Å². The van der Waals surface area contributed by atoms with E-state index in [1.165, 1.54) is 11.3 Å². The summed E-state index contributed by atoms with van der Waals surface area (Å²) in [7, 11) is 1.81. The minimum absolute atomic E-state index is 0.224. The Morgan fingerprint density at radius 1 is 1.62 bits per heavy atom. The molecule has 2 rings (SSSR count). The Morgan fingerprint density at radius 3 is 2.88 bits per heavy atom. The zero-order chi connectivity index (χ0) is 11.7. The van der Waals surface area contributed by atoms with Gasteiger partial charge in [0.05, 0.1) is 11.4 Å². The van der Waals surface area contributed by atoms with Crippen LogP contribution in [0.25, 0.3) is 0 Å². The minimum atomic E-state index is -0.224. The van der Waals surface area contributed by atoms with Crippen molar-refractivity contribution in [3.8, 4) is 0 Å². The number of hydrogen-bond acceptors (Lipinski definition) is 4. The number of nitrogens with zero attached hydrogens (tertiary/aromatic N) is 3. The van der Waals surface area contributed by atoms with Gasteiger partial charge in [-0.2, -0.15) is 5.10 Å². The highest BCUT2D eigenvalue weighted by atomic mass is 79.9. The second kappa shape index (κ2) is 4.34. The molecular weight excluding hydrogens is 292 g/mol.